The summed E-state index contributed by atoms with van der Waals surface area (Å²) in [5.41, 5.74) is 3.25. The lowest BCUT2D eigenvalue weighted by molar-refractivity contribution is 0.0995. The van der Waals surface area contributed by atoms with Crippen LogP contribution in [0.5, 0.6) is 0 Å². The average Bonchev–Trinajstić information content (AvgIpc) is 3.17. The van der Waals surface area contributed by atoms with E-state index in [0.717, 1.165) is 17.5 Å². The van der Waals surface area contributed by atoms with Gasteiger partial charge in [-0.2, -0.15) is 5.10 Å². The van der Waals surface area contributed by atoms with Crippen LogP contribution in [0.4, 0.5) is 5.82 Å². The van der Waals surface area contributed by atoms with E-state index in [-0.39, 0.29) is 5.91 Å². The number of carbonyl (C=O) groups excluding carboxylic acids is 1. The van der Waals surface area contributed by atoms with Crippen LogP contribution < -0.4 is 5.32 Å². The molecule has 2 aromatic heterocycles. The molecule has 0 radical (unpaired) electrons. The van der Waals surface area contributed by atoms with Gasteiger partial charge < -0.3 is 9.73 Å². The highest BCUT2D eigenvalue weighted by atomic mass is 16.3. The van der Waals surface area contributed by atoms with E-state index in [1.807, 2.05) is 6.92 Å². The van der Waals surface area contributed by atoms with Crippen molar-refractivity contribution in [2.45, 2.75) is 26.8 Å². The summed E-state index contributed by atoms with van der Waals surface area (Å²) in [6, 6.07) is 11.9. The van der Waals surface area contributed by atoms with Crippen molar-refractivity contribution in [2.75, 3.05) is 5.32 Å². The number of aryl methyl sites for hydroxylation is 2. The highest BCUT2D eigenvalue weighted by Crippen LogP contribution is 2.15. The summed E-state index contributed by atoms with van der Waals surface area (Å²) in [6.45, 7) is 4.57. The quantitative estimate of drug-likeness (QED) is 0.782. The van der Waals surface area contributed by atoms with Crippen LogP contribution in [0.3, 0.4) is 0 Å². The van der Waals surface area contributed by atoms with Gasteiger partial charge in [-0.25, -0.2) is 4.68 Å². The summed E-state index contributed by atoms with van der Waals surface area (Å²) < 4.78 is 6.98. The predicted molar refractivity (Wildman–Crippen MR) is 88.5 cm³/mol. The van der Waals surface area contributed by atoms with E-state index in [4.69, 9.17) is 4.42 Å². The SMILES string of the molecule is CCc1ccc(Cn2nccc2NC(=O)c2occc2C)cc1. The highest BCUT2D eigenvalue weighted by molar-refractivity contribution is 6.02. The number of nitrogens with one attached hydrogen (secondary N) is 1. The molecule has 0 aliphatic rings. The maximum atomic E-state index is 12.2. The van der Waals surface area contributed by atoms with Crippen LogP contribution in [0.15, 0.2) is 53.3 Å². The summed E-state index contributed by atoms with van der Waals surface area (Å²) in [7, 11) is 0. The topological polar surface area (TPSA) is 60.1 Å². The van der Waals surface area contributed by atoms with Crippen LogP contribution >= 0.6 is 0 Å². The number of hydrogen-bond acceptors (Lipinski definition) is 3. The third-order valence-electron chi connectivity index (χ3n) is 3.79. The van der Waals surface area contributed by atoms with Gasteiger partial charge in [0.15, 0.2) is 5.76 Å². The minimum Gasteiger partial charge on any atom is -0.459 e. The van der Waals surface area contributed by atoms with Gasteiger partial charge in [0.1, 0.15) is 5.82 Å². The Morgan fingerprint density at radius 2 is 1.91 bits per heavy atom. The largest absolute Gasteiger partial charge is 0.459 e. The summed E-state index contributed by atoms with van der Waals surface area (Å²) >= 11 is 0. The molecule has 1 aromatic carbocycles. The Balaban J connectivity index is 1.74. The molecule has 0 atom stereocenters. The number of rotatable bonds is 5. The number of aromatic nitrogens is 2. The number of benzene rings is 1. The second-order valence-corrected chi connectivity index (χ2v) is 5.43. The molecule has 0 aliphatic carbocycles. The molecule has 0 unspecified atom stereocenters. The Morgan fingerprint density at radius 3 is 2.57 bits per heavy atom. The first-order valence-corrected chi connectivity index (χ1v) is 7.62. The fraction of sp³-hybridized carbons (Fsp3) is 0.222. The molecule has 3 aromatic rings. The molecule has 5 heteroatoms. The fourth-order valence-electron chi connectivity index (χ4n) is 2.40. The molecule has 0 spiro atoms. The number of carbonyl (C=O) groups is 1. The van der Waals surface area contributed by atoms with E-state index in [2.05, 4.69) is 41.6 Å². The molecule has 0 fully saturated rings. The van der Waals surface area contributed by atoms with Crippen molar-refractivity contribution in [3.8, 4) is 0 Å². The van der Waals surface area contributed by atoms with Crippen LogP contribution in [0, 0.1) is 6.92 Å². The summed E-state index contributed by atoms with van der Waals surface area (Å²) in [5.74, 6) is 0.700. The molecule has 0 saturated carbocycles. The van der Waals surface area contributed by atoms with Crippen molar-refractivity contribution < 1.29 is 9.21 Å². The normalized spacial score (nSPS) is 10.7. The zero-order valence-corrected chi connectivity index (χ0v) is 13.2. The maximum Gasteiger partial charge on any atom is 0.292 e. The van der Waals surface area contributed by atoms with Crippen molar-refractivity contribution >= 4 is 11.7 Å². The fourth-order valence-corrected chi connectivity index (χ4v) is 2.40. The molecule has 0 saturated heterocycles. The number of amides is 1. The Kier molecular flexibility index (Phi) is 4.28. The summed E-state index contributed by atoms with van der Waals surface area (Å²) in [6.07, 6.45) is 4.20. The van der Waals surface area contributed by atoms with Gasteiger partial charge in [-0.05, 0) is 30.5 Å². The number of nitrogens with zero attached hydrogens (tertiary/aromatic N) is 2. The first-order chi connectivity index (χ1) is 11.2. The molecule has 5 nitrogen and oxygen atoms in total. The second-order valence-electron chi connectivity index (χ2n) is 5.43. The van der Waals surface area contributed by atoms with Crippen LogP contribution in [-0.4, -0.2) is 15.7 Å². The molecule has 0 bridgehead atoms. The molecule has 2 heterocycles. The van der Waals surface area contributed by atoms with Crippen LogP contribution in [0.25, 0.3) is 0 Å². The highest BCUT2D eigenvalue weighted by Gasteiger charge is 2.14. The number of anilines is 1. The number of furan rings is 1. The van der Waals surface area contributed by atoms with E-state index in [9.17, 15) is 4.79 Å². The lowest BCUT2D eigenvalue weighted by Gasteiger charge is -2.09. The molecular weight excluding hydrogens is 290 g/mol. The van der Waals surface area contributed by atoms with E-state index >= 15 is 0 Å². The Hall–Kier alpha value is -2.82. The Morgan fingerprint density at radius 1 is 1.17 bits per heavy atom. The van der Waals surface area contributed by atoms with Gasteiger partial charge in [0.05, 0.1) is 19.0 Å². The van der Waals surface area contributed by atoms with E-state index < -0.39 is 0 Å². The van der Waals surface area contributed by atoms with Gasteiger partial charge in [0.25, 0.3) is 5.91 Å². The zero-order valence-electron chi connectivity index (χ0n) is 13.2. The third kappa shape index (κ3) is 3.34. The lowest BCUT2D eigenvalue weighted by atomic mass is 10.1. The minimum absolute atomic E-state index is 0.268. The molecular formula is C18H19N3O2. The molecule has 1 N–H and O–H groups in total. The predicted octanol–water partition coefficient (Wildman–Crippen LogP) is 3.65. The minimum atomic E-state index is -0.268. The van der Waals surface area contributed by atoms with Gasteiger partial charge in [0, 0.05) is 11.6 Å². The summed E-state index contributed by atoms with van der Waals surface area (Å²) in [4.78, 5) is 12.2. The van der Waals surface area contributed by atoms with Crippen molar-refractivity contribution in [1.29, 1.82) is 0 Å². The molecule has 3 rings (SSSR count). The van der Waals surface area contributed by atoms with Crippen LogP contribution in [0.1, 0.15) is 34.2 Å². The van der Waals surface area contributed by atoms with E-state index in [0.29, 0.717) is 18.1 Å². The first-order valence-electron chi connectivity index (χ1n) is 7.62. The van der Waals surface area contributed by atoms with Crippen molar-refractivity contribution in [1.82, 2.24) is 9.78 Å². The van der Waals surface area contributed by atoms with Crippen molar-refractivity contribution in [3.63, 3.8) is 0 Å². The maximum absolute atomic E-state index is 12.2. The van der Waals surface area contributed by atoms with Crippen molar-refractivity contribution in [3.05, 3.63) is 71.3 Å². The Bertz CT molecular complexity index is 800. The second kappa shape index (κ2) is 6.52. The Labute approximate surface area is 134 Å². The van der Waals surface area contributed by atoms with Gasteiger partial charge >= 0.3 is 0 Å². The van der Waals surface area contributed by atoms with E-state index in [1.54, 1.807) is 23.0 Å². The summed E-state index contributed by atoms with van der Waals surface area (Å²) in [5, 5.41) is 7.13. The zero-order chi connectivity index (χ0) is 16.2. The molecule has 118 valence electrons. The molecule has 1 amide bonds. The van der Waals surface area contributed by atoms with Gasteiger partial charge in [-0.3, -0.25) is 4.79 Å². The third-order valence-corrected chi connectivity index (χ3v) is 3.79. The van der Waals surface area contributed by atoms with Gasteiger partial charge in [-0.15, -0.1) is 0 Å². The number of hydrogen-bond donors (Lipinski definition) is 1. The van der Waals surface area contributed by atoms with Gasteiger partial charge in [0.2, 0.25) is 0 Å². The van der Waals surface area contributed by atoms with Gasteiger partial charge in [-0.1, -0.05) is 31.2 Å². The average molecular weight is 309 g/mol. The molecule has 0 aliphatic heterocycles. The van der Waals surface area contributed by atoms with Crippen LogP contribution in [0.2, 0.25) is 0 Å². The standard InChI is InChI=1S/C18H19N3O2/c1-3-14-4-6-15(7-5-14)12-21-16(8-10-19-21)20-18(22)17-13(2)9-11-23-17/h4-11H,3,12H2,1-2H3,(H,20,22). The molecule has 23 heavy (non-hydrogen) atoms. The first kappa shape index (κ1) is 15.1. The lowest BCUT2D eigenvalue weighted by Crippen LogP contribution is -2.16. The van der Waals surface area contributed by atoms with Crippen LogP contribution in [-0.2, 0) is 13.0 Å². The monoisotopic (exact) mass is 309 g/mol. The van der Waals surface area contributed by atoms with E-state index in [1.165, 1.54) is 11.8 Å². The van der Waals surface area contributed by atoms with Crippen molar-refractivity contribution in [2.24, 2.45) is 0 Å². The smallest absolute Gasteiger partial charge is 0.292 e.